The highest BCUT2D eigenvalue weighted by Crippen LogP contribution is 2.45. The summed E-state index contributed by atoms with van der Waals surface area (Å²) in [4.78, 5) is 46.3. The van der Waals surface area contributed by atoms with E-state index in [1.807, 2.05) is 42.5 Å². The van der Waals surface area contributed by atoms with Crippen molar-refractivity contribution < 1.29 is 14.4 Å². The number of hydrogen-bond donors (Lipinski definition) is 1. The van der Waals surface area contributed by atoms with Crippen molar-refractivity contribution in [3.05, 3.63) is 95.3 Å². The molecule has 2 aliphatic rings. The minimum atomic E-state index is -0.487. The summed E-state index contributed by atoms with van der Waals surface area (Å²) >= 11 is 0. The molecule has 3 amide bonds. The maximum atomic E-state index is 13.3. The van der Waals surface area contributed by atoms with Crippen LogP contribution in [0.5, 0.6) is 0 Å². The van der Waals surface area contributed by atoms with Gasteiger partial charge in [-0.15, -0.1) is 0 Å². The molecule has 0 saturated carbocycles. The number of para-hydroxylation sites is 1. The molecule has 1 unspecified atom stereocenters. The minimum Gasteiger partial charge on any atom is -0.352 e. The number of nitrogens with zero attached hydrogens (tertiary/aromatic N) is 3. The summed E-state index contributed by atoms with van der Waals surface area (Å²) in [5.74, 6) is -0.314. The molecule has 0 radical (unpaired) electrons. The van der Waals surface area contributed by atoms with Gasteiger partial charge in [0.05, 0.1) is 11.3 Å². The molecular formula is C25H22N4O3. The number of carbonyl (C=O) groups is 3. The van der Waals surface area contributed by atoms with Gasteiger partial charge < -0.3 is 10.2 Å². The van der Waals surface area contributed by atoms with Crippen molar-refractivity contribution in [2.75, 3.05) is 11.4 Å². The van der Waals surface area contributed by atoms with Gasteiger partial charge in [0.25, 0.3) is 11.8 Å². The molecular weight excluding hydrogens is 404 g/mol. The van der Waals surface area contributed by atoms with E-state index in [-0.39, 0.29) is 24.1 Å². The van der Waals surface area contributed by atoms with Crippen molar-refractivity contribution in [3.8, 4) is 0 Å². The van der Waals surface area contributed by atoms with Gasteiger partial charge in [0.2, 0.25) is 5.91 Å². The highest BCUT2D eigenvalue weighted by molar-refractivity contribution is 6.16. The molecule has 3 aromatic rings. The van der Waals surface area contributed by atoms with Crippen LogP contribution < -0.4 is 10.2 Å². The zero-order valence-corrected chi connectivity index (χ0v) is 17.4. The molecule has 1 N–H and O–H groups in total. The van der Waals surface area contributed by atoms with Crippen molar-refractivity contribution in [3.63, 3.8) is 0 Å². The van der Waals surface area contributed by atoms with Crippen molar-refractivity contribution in [2.24, 2.45) is 0 Å². The van der Waals surface area contributed by atoms with Crippen molar-refractivity contribution in [1.29, 1.82) is 0 Å². The number of rotatable bonds is 6. The summed E-state index contributed by atoms with van der Waals surface area (Å²) in [5, 5.41) is 2.89. The first-order chi connectivity index (χ1) is 15.6. The lowest BCUT2D eigenvalue weighted by molar-refractivity contribution is -0.121. The summed E-state index contributed by atoms with van der Waals surface area (Å²) < 4.78 is 0. The quantitative estimate of drug-likeness (QED) is 0.656. The fraction of sp³-hybridized carbons (Fsp3) is 0.200. The summed E-state index contributed by atoms with van der Waals surface area (Å²) in [7, 11) is 0. The molecule has 160 valence electrons. The molecule has 7 nitrogen and oxygen atoms in total. The maximum absolute atomic E-state index is 13.3. The van der Waals surface area contributed by atoms with E-state index < -0.39 is 6.17 Å². The Morgan fingerprint density at radius 2 is 1.72 bits per heavy atom. The average molecular weight is 426 g/mol. The lowest BCUT2D eigenvalue weighted by Gasteiger charge is -2.41. The van der Waals surface area contributed by atoms with Gasteiger partial charge in [0, 0.05) is 43.0 Å². The molecule has 2 aliphatic heterocycles. The Bertz CT molecular complexity index is 1190. The van der Waals surface area contributed by atoms with Crippen LogP contribution >= 0.6 is 0 Å². The summed E-state index contributed by atoms with van der Waals surface area (Å²) in [6.07, 6.45) is 3.70. The van der Waals surface area contributed by atoms with E-state index in [1.54, 1.807) is 40.4 Å². The smallest absolute Gasteiger partial charge is 0.260 e. The minimum absolute atomic E-state index is 0.0848. The maximum Gasteiger partial charge on any atom is 0.260 e. The van der Waals surface area contributed by atoms with Crippen LogP contribution in [0, 0.1) is 0 Å². The van der Waals surface area contributed by atoms with E-state index in [9.17, 15) is 14.4 Å². The SMILES string of the molecule is O=C(CCCN1C(=O)c2ccccc2N2C(=O)c3ccccc3C12)NCc1cccnc1. The number of anilines is 1. The number of nitrogens with one attached hydrogen (secondary N) is 1. The van der Waals surface area contributed by atoms with Gasteiger partial charge in [0.1, 0.15) is 6.17 Å². The Morgan fingerprint density at radius 1 is 0.938 bits per heavy atom. The van der Waals surface area contributed by atoms with Crippen LogP contribution in [-0.2, 0) is 11.3 Å². The van der Waals surface area contributed by atoms with Crippen LogP contribution in [0.1, 0.15) is 50.9 Å². The first kappa shape index (κ1) is 19.9. The predicted octanol–water partition coefficient (Wildman–Crippen LogP) is 3.29. The molecule has 2 aromatic carbocycles. The van der Waals surface area contributed by atoms with E-state index >= 15 is 0 Å². The molecule has 1 atom stereocenters. The number of carbonyl (C=O) groups excluding carboxylic acids is 3. The van der Waals surface area contributed by atoms with Crippen LogP contribution in [-0.4, -0.2) is 34.2 Å². The largest absolute Gasteiger partial charge is 0.352 e. The van der Waals surface area contributed by atoms with Crippen LogP contribution in [0.25, 0.3) is 0 Å². The first-order valence-corrected chi connectivity index (χ1v) is 10.6. The fourth-order valence-corrected chi connectivity index (χ4v) is 4.40. The Kier molecular flexibility index (Phi) is 5.15. The van der Waals surface area contributed by atoms with Crippen LogP contribution in [0.15, 0.2) is 73.1 Å². The molecule has 0 saturated heterocycles. The number of pyridine rings is 1. The second kappa shape index (κ2) is 8.26. The van der Waals surface area contributed by atoms with Crippen LogP contribution in [0.4, 0.5) is 5.69 Å². The topological polar surface area (TPSA) is 82.6 Å². The van der Waals surface area contributed by atoms with E-state index in [0.717, 1.165) is 11.1 Å². The molecule has 3 heterocycles. The van der Waals surface area contributed by atoms with Crippen LogP contribution in [0.2, 0.25) is 0 Å². The third-order valence-electron chi connectivity index (χ3n) is 5.90. The third kappa shape index (κ3) is 3.41. The second-order valence-corrected chi connectivity index (χ2v) is 7.89. The van der Waals surface area contributed by atoms with Gasteiger partial charge in [-0.05, 0) is 36.2 Å². The van der Waals surface area contributed by atoms with Crippen molar-refractivity contribution >= 4 is 23.4 Å². The summed E-state index contributed by atoms with van der Waals surface area (Å²) in [6.45, 7) is 0.789. The molecule has 0 fully saturated rings. The van der Waals surface area contributed by atoms with Crippen molar-refractivity contribution in [1.82, 2.24) is 15.2 Å². The molecule has 0 spiro atoms. The van der Waals surface area contributed by atoms with Gasteiger partial charge in [-0.25, -0.2) is 0 Å². The van der Waals surface area contributed by atoms with E-state index in [1.165, 1.54) is 0 Å². The number of aromatic nitrogens is 1. The molecule has 1 aromatic heterocycles. The first-order valence-electron chi connectivity index (χ1n) is 10.6. The second-order valence-electron chi connectivity index (χ2n) is 7.89. The van der Waals surface area contributed by atoms with E-state index in [0.29, 0.717) is 36.3 Å². The highest BCUT2D eigenvalue weighted by atomic mass is 16.2. The molecule has 0 bridgehead atoms. The monoisotopic (exact) mass is 426 g/mol. The standard InChI is InChI=1S/C25H22N4O3/c30-22(27-16-17-7-5-13-26-15-17)12-6-14-28-23-18-8-1-2-9-19(18)25(32)29(23)21-11-4-3-10-20(21)24(28)31/h1-5,7-11,13,15,23H,6,12,14,16H2,(H,27,30). The number of fused-ring (bicyclic) bond motifs is 5. The average Bonchev–Trinajstić information content (AvgIpc) is 3.13. The molecule has 7 heteroatoms. The Labute approximate surface area is 185 Å². The van der Waals surface area contributed by atoms with Crippen LogP contribution in [0.3, 0.4) is 0 Å². The van der Waals surface area contributed by atoms with Gasteiger partial charge in [0.15, 0.2) is 0 Å². The van der Waals surface area contributed by atoms with E-state index in [2.05, 4.69) is 10.3 Å². The molecule has 5 rings (SSSR count). The number of amides is 3. The Morgan fingerprint density at radius 3 is 2.53 bits per heavy atom. The normalized spacial score (nSPS) is 16.4. The van der Waals surface area contributed by atoms with Gasteiger partial charge in [-0.2, -0.15) is 0 Å². The zero-order valence-electron chi connectivity index (χ0n) is 17.4. The predicted molar refractivity (Wildman–Crippen MR) is 119 cm³/mol. The van der Waals surface area contributed by atoms with Gasteiger partial charge in [-0.1, -0.05) is 36.4 Å². The Balaban J connectivity index is 1.33. The third-order valence-corrected chi connectivity index (χ3v) is 5.90. The van der Waals surface area contributed by atoms with Gasteiger partial charge in [-0.3, -0.25) is 24.3 Å². The van der Waals surface area contributed by atoms with Crippen molar-refractivity contribution in [2.45, 2.75) is 25.6 Å². The lowest BCUT2D eigenvalue weighted by Crippen LogP contribution is -2.48. The summed E-state index contributed by atoms with van der Waals surface area (Å²) in [6, 6.07) is 18.3. The van der Waals surface area contributed by atoms with Gasteiger partial charge >= 0.3 is 0 Å². The zero-order chi connectivity index (χ0) is 22.1. The molecule has 32 heavy (non-hydrogen) atoms. The van der Waals surface area contributed by atoms with E-state index in [4.69, 9.17) is 0 Å². The fourth-order valence-electron chi connectivity index (χ4n) is 4.40. The lowest BCUT2D eigenvalue weighted by atomic mass is 10.0. The number of benzene rings is 2. The highest BCUT2D eigenvalue weighted by Gasteiger charge is 2.47. The summed E-state index contributed by atoms with van der Waals surface area (Å²) in [5.41, 5.74) is 3.50. The number of hydrogen-bond acceptors (Lipinski definition) is 4. The Hall–Kier alpha value is -4.00. The molecule has 0 aliphatic carbocycles.